The Balaban J connectivity index is 1.54. The van der Waals surface area contributed by atoms with E-state index in [1.165, 1.54) is 18.9 Å². The summed E-state index contributed by atoms with van der Waals surface area (Å²) in [5.41, 5.74) is 1.80. The number of anilines is 1. The van der Waals surface area contributed by atoms with E-state index in [0.717, 1.165) is 5.56 Å². The van der Waals surface area contributed by atoms with E-state index in [1.54, 1.807) is 41.0 Å². The van der Waals surface area contributed by atoms with Crippen LogP contribution in [0.3, 0.4) is 0 Å². The molecule has 3 rings (SSSR count). The molecule has 1 N–H and O–H groups in total. The highest BCUT2D eigenvalue weighted by atomic mass is 35.5. The fourth-order valence-electron chi connectivity index (χ4n) is 2.62. The first kappa shape index (κ1) is 22.6. The Hall–Kier alpha value is -3.04. The zero-order valence-electron chi connectivity index (χ0n) is 17.2. The topological polar surface area (TPSA) is 95.3 Å². The molecule has 0 spiro atoms. The van der Waals surface area contributed by atoms with Crippen LogP contribution in [0.2, 0.25) is 5.02 Å². The van der Waals surface area contributed by atoms with E-state index < -0.39 is 5.97 Å². The van der Waals surface area contributed by atoms with Crippen molar-refractivity contribution in [3.8, 4) is 5.75 Å². The molecule has 0 aliphatic rings. The van der Waals surface area contributed by atoms with E-state index in [0.29, 0.717) is 33.0 Å². The minimum absolute atomic E-state index is 0.131. The largest absolute Gasteiger partial charge is 0.486 e. The number of ether oxygens (including phenoxy) is 2. The number of aryl methyl sites for hydroxylation is 1. The van der Waals surface area contributed by atoms with Crippen LogP contribution in [-0.4, -0.2) is 39.5 Å². The predicted octanol–water partition coefficient (Wildman–Crippen LogP) is 3.87. The molecule has 0 fully saturated rings. The third kappa shape index (κ3) is 5.99. The van der Waals surface area contributed by atoms with Crippen LogP contribution in [0.15, 0.2) is 47.6 Å². The third-order valence-corrected chi connectivity index (χ3v) is 5.77. The molecule has 1 aromatic heterocycles. The number of amides is 1. The number of hydrogen-bond donors (Lipinski definition) is 1. The van der Waals surface area contributed by atoms with Crippen molar-refractivity contribution in [2.45, 2.75) is 18.7 Å². The van der Waals surface area contributed by atoms with E-state index in [4.69, 9.17) is 16.3 Å². The van der Waals surface area contributed by atoms with Gasteiger partial charge in [-0.3, -0.25) is 4.79 Å². The number of hydrogen-bond acceptors (Lipinski definition) is 7. The first-order valence-electron chi connectivity index (χ1n) is 9.25. The normalized spacial score (nSPS) is 10.6. The molecule has 0 atom stereocenters. The fourth-order valence-corrected chi connectivity index (χ4v) is 3.47. The number of nitrogens with zero attached hydrogens (tertiary/aromatic N) is 3. The van der Waals surface area contributed by atoms with Crippen LogP contribution in [0.25, 0.3) is 0 Å². The first-order chi connectivity index (χ1) is 14.9. The van der Waals surface area contributed by atoms with Crippen molar-refractivity contribution in [1.29, 1.82) is 0 Å². The van der Waals surface area contributed by atoms with Crippen molar-refractivity contribution < 1.29 is 19.1 Å². The second kappa shape index (κ2) is 10.3. The Morgan fingerprint density at radius 1 is 1.19 bits per heavy atom. The molecular weight excluding hydrogens is 440 g/mol. The molecule has 0 aliphatic carbocycles. The monoisotopic (exact) mass is 460 g/mol. The van der Waals surface area contributed by atoms with Gasteiger partial charge in [-0.05, 0) is 48.9 Å². The van der Waals surface area contributed by atoms with Crippen LogP contribution in [0, 0.1) is 6.92 Å². The predicted molar refractivity (Wildman–Crippen MR) is 119 cm³/mol. The summed E-state index contributed by atoms with van der Waals surface area (Å²) < 4.78 is 12.2. The van der Waals surface area contributed by atoms with Gasteiger partial charge in [0.05, 0.1) is 18.4 Å². The summed E-state index contributed by atoms with van der Waals surface area (Å²) >= 11 is 7.28. The summed E-state index contributed by atoms with van der Waals surface area (Å²) in [7, 11) is 3.12. The van der Waals surface area contributed by atoms with Gasteiger partial charge in [-0.2, -0.15) is 0 Å². The average molecular weight is 461 g/mol. The molecule has 1 heterocycles. The molecule has 0 aliphatic heterocycles. The van der Waals surface area contributed by atoms with Crippen LogP contribution in [-0.2, 0) is 23.2 Å². The lowest BCUT2D eigenvalue weighted by atomic mass is 10.2. The highest BCUT2D eigenvalue weighted by molar-refractivity contribution is 7.99. The molecule has 1 amide bonds. The number of methoxy groups -OCH3 is 1. The molecular formula is C21H21ClN4O4S. The van der Waals surface area contributed by atoms with Crippen molar-refractivity contribution in [3.63, 3.8) is 0 Å². The Morgan fingerprint density at radius 3 is 2.74 bits per heavy atom. The Labute approximate surface area is 188 Å². The van der Waals surface area contributed by atoms with Gasteiger partial charge in [0.25, 0.3) is 0 Å². The van der Waals surface area contributed by atoms with Crippen molar-refractivity contribution in [2.75, 3.05) is 18.2 Å². The molecule has 162 valence electrons. The lowest BCUT2D eigenvalue weighted by molar-refractivity contribution is -0.113. The lowest BCUT2D eigenvalue weighted by Crippen LogP contribution is -2.15. The van der Waals surface area contributed by atoms with Crippen molar-refractivity contribution in [2.24, 2.45) is 7.05 Å². The second-order valence-electron chi connectivity index (χ2n) is 6.57. The maximum atomic E-state index is 12.3. The summed E-state index contributed by atoms with van der Waals surface area (Å²) in [6.07, 6.45) is 0. The number of thioether (sulfide) groups is 1. The van der Waals surface area contributed by atoms with E-state index in [-0.39, 0.29) is 18.3 Å². The van der Waals surface area contributed by atoms with Gasteiger partial charge in [0.2, 0.25) is 5.91 Å². The van der Waals surface area contributed by atoms with Crippen LogP contribution >= 0.6 is 23.4 Å². The van der Waals surface area contributed by atoms with Gasteiger partial charge >= 0.3 is 5.97 Å². The summed E-state index contributed by atoms with van der Waals surface area (Å²) in [6.45, 7) is 2.14. The number of esters is 1. The summed E-state index contributed by atoms with van der Waals surface area (Å²) in [5.74, 6) is 0.748. The van der Waals surface area contributed by atoms with Crippen LogP contribution in [0.5, 0.6) is 5.75 Å². The van der Waals surface area contributed by atoms with E-state index >= 15 is 0 Å². The van der Waals surface area contributed by atoms with Crippen LogP contribution in [0.4, 0.5) is 5.69 Å². The first-order valence-corrected chi connectivity index (χ1v) is 10.6. The Kier molecular flexibility index (Phi) is 7.54. The average Bonchev–Trinajstić information content (AvgIpc) is 3.12. The molecule has 0 saturated heterocycles. The van der Waals surface area contributed by atoms with Gasteiger partial charge in [0, 0.05) is 17.8 Å². The van der Waals surface area contributed by atoms with E-state index in [9.17, 15) is 9.59 Å². The fraction of sp³-hybridized carbons (Fsp3) is 0.238. The summed E-state index contributed by atoms with van der Waals surface area (Å²) in [4.78, 5) is 23.9. The van der Waals surface area contributed by atoms with Gasteiger partial charge in [-0.25, -0.2) is 4.79 Å². The summed E-state index contributed by atoms with van der Waals surface area (Å²) in [5, 5.41) is 12.3. The van der Waals surface area contributed by atoms with Gasteiger partial charge in [-0.1, -0.05) is 29.4 Å². The van der Waals surface area contributed by atoms with Crippen LogP contribution < -0.4 is 10.1 Å². The van der Waals surface area contributed by atoms with Crippen molar-refractivity contribution in [1.82, 2.24) is 14.8 Å². The molecule has 0 radical (unpaired) electrons. The zero-order valence-corrected chi connectivity index (χ0v) is 18.8. The Bertz CT molecular complexity index is 1100. The molecule has 10 heteroatoms. The molecule has 0 bridgehead atoms. The number of nitrogens with one attached hydrogen (secondary N) is 1. The highest BCUT2D eigenvalue weighted by Gasteiger charge is 2.13. The highest BCUT2D eigenvalue weighted by Crippen LogP contribution is 2.22. The number of carbonyl (C=O) groups is 2. The molecule has 3 aromatic rings. The number of carbonyl (C=O) groups excluding carboxylic acids is 2. The SMILES string of the molecule is COC(=O)c1cccc(NC(=O)CSc2nnc(COc3ccc(Cl)c(C)c3)n2C)c1. The molecule has 0 saturated carbocycles. The quantitative estimate of drug-likeness (QED) is 0.402. The van der Waals surface area contributed by atoms with Crippen molar-refractivity contribution in [3.05, 3.63) is 64.4 Å². The number of halogens is 1. The van der Waals surface area contributed by atoms with Crippen molar-refractivity contribution >= 4 is 40.9 Å². The van der Waals surface area contributed by atoms with E-state index in [2.05, 4.69) is 20.3 Å². The number of benzene rings is 2. The van der Waals surface area contributed by atoms with Gasteiger partial charge in [-0.15, -0.1) is 10.2 Å². The Morgan fingerprint density at radius 2 is 2.00 bits per heavy atom. The second-order valence-corrected chi connectivity index (χ2v) is 7.92. The van der Waals surface area contributed by atoms with Crippen LogP contribution in [0.1, 0.15) is 21.7 Å². The maximum absolute atomic E-state index is 12.3. The minimum Gasteiger partial charge on any atom is -0.486 e. The number of rotatable bonds is 8. The summed E-state index contributed by atoms with van der Waals surface area (Å²) in [6, 6.07) is 12.0. The smallest absolute Gasteiger partial charge is 0.337 e. The molecule has 2 aromatic carbocycles. The minimum atomic E-state index is -0.465. The van der Waals surface area contributed by atoms with Gasteiger partial charge < -0.3 is 19.4 Å². The van der Waals surface area contributed by atoms with E-state index in [1.807, 2.05) is 20.0 Å². The van der Waals surface area contributed by atoms with Gasteiger partial charge in [0.15, 0.2) is 11.0 Å². The lowest BCUT2D eigenvalue weighted by Gasteiger charge is -2.08. The zero-order chi connectivity index (χ0) is 22.4. The number of aromatic nitrogens is 3. The maximum Gasteiger partial charge on any atom is 0.337 e. The molecule has 8 nitrogen and oxygen atoms in total. The molecule has 0 unspecified atom stereocenters. The third-order valence-electron chi connectivity index (χ3n) is 4.32. The van der Waals surface area contributed by atoms with Gasteiger partial charge in [0.1, 0.15) is 12.4 Å². The standard InChI is InChI=1S/C21H21ClN4O4S/c1-13-9-16(7-8-17(13)22)30-11-18-24-25-21(26(18)2)31-12-19(27)23-15-6-4-5-14(10-15)20(28)29-3/h4-10H,11-12H2,1-3H3,(H,23,27). The molecule has 31 heavy (non-hydrogen) atoms.